The molecule has 8 atom stereocenters. The van der Waals surface area contributed by atoms with Crippen molar-refractivity contribution in [3.63, 3.8) is 0 Å². The second kappa shape index (κ2) is 10.4. The molecule has 0 amide bonds. The molecule has 6 aromatic rings. The molecule has 6 aromatic carbocycles. The van der Waals surface area contributed by atoms with Gasteiger partial charge >= 0.3 is 0 Å². The van der Waals surface area contributed by atoms with Gasteiger partial charge < -0.3 is 9.47 Å². The molecule has 268 valence electrons. The fourth-order valence-electron chi connectivity index (χ4n) is 14.1. The zero-order chi connectivity index (χ0) is 35.8. The Morgan fingerprint density at radius 1 is 0.473 bits per heavy atom. The highest BCUT2D eigenvalue weighted by atomic mass is 16.5. The van der Waals surface area contributed by atoms with Crippen LogP contribution >= 0.6 is 0 Å². The summed E-state index contributed by atoms with van der Waals surface area (Å²) in [5.74, 6) is 6.07. The van der Waals surface area contributed by atoms with E-state index in [9.17, 15) is 0 Å². The Hall–Kier alpha value is -5.08. The van der Waals surface area contributed by atoms with E-state index >= 15 is 0 Å². The van der Waals surface area contributed by atoms with Crippen LogP contribution in [0.1, 0.15) is 181 Å². The van der Waals surface area contributed by atoms with E-state index < -0.39 is 0 Å². The van der Waals surface area contributed by atoms with Gasteiger partial charge in [0.1, 0.15) is 11.5 Å². The van der Waals surface area contributed by atoms with Gasteiger partial charge in [0.15, 0.2) is 0 Å². The van der Waals surface area contributed by atoms with Gasteiger partial charge in [0, 0.05) is 69.2 Å². The largest absolute Gasteiger partial charge is 0.496 e. The van der Waals surface area contributed by atoms with E-state index in [-0.39, 0.29) is 0 Å². The summed E-state index contributed by atoms with van der Waals surface area (Å²) in [7, 11) is 1.92. The average Bonchev–Trinajstić information content (AvgIpc) is 4.10. The number of ether oxygens (including phenoxy) is 2. The predicted octanol–water partition coefficient (Wildman–Crippen LogP) is 12.5. The molecule has 14 rings (SSSR count). The molecule has 2 heteroatoms. The quantitative estimate of drug-likeness (QED) is 0.121. The van der Waals surface area contributed by atoms with Gasteiger partial charge in [-0.1, -0.05) is 78.9 Å². The molecule has 8 bridgehead atoms. The number of hydrogen-bond acceptors (Lipinski definition) is 2. The van der Waals surface area contributed by atoms with Crippen molar-refractivity contribution in [2.24, 2.45) is 0 Å². The normalized spacial score (nSPS) is 27.4. The predicted molar refractivity (Wildman–Crippen MR) is 219 cm³/mol. The smallest absolute Gasteiger partial charge is 0.131 e. The number of hydrogen-bond donors (Lipinski definition) is 0. The molecule has 0 N–H and O–H groups in total. The Balaban J connectivity index is 0.924. The maximum absolute atomic E-state index is 7.11. The molecule has 0 spiro atoms. The van der Waals surface area contributed by atoms with Gasteiger partial charge in [-0.3, -0.25) is 0 Å². The third-order valence-electron chi connectivity index (χ3n) is 16.2. The standard InChI is InChI=1S/C53H44O2/c1-3-4-5-10-15-55-53-49-24-43-41-20-40(38-18-34-30-16-31(35(34)19-39(38)41)27-12-7-6-11-26(27)30)42(43)23-48(49)52(54-2)50-46-25-47(51(50)53)45-22-37-33-17-32(36(37)21-44(45)46)28-13-8-9-14-29(28)33/h3,6-9,11-14,18-19,21-24,30-33,40-41,46-47H,1,4-5,10,15-17,20,25H2,2H3/t30-,31+,32+,33-,40-,41+,46+,47-/m0/s1. The van der Waals surface area contributed by atoms with Gasteiger partial charge in [0.25, 0.3) is 0 Å². The molecule has 8 aliphatic rings. The van der Waals surface area contributed by atoms with Crippen molar-refractivity contribution in [1.29, 1.82) is 0 Å². The molecular formula is C53H44O2. The van der Waals surface area contributed by atoms with Crippen LogP contribution in [0.4, 0.5) is 0 Å². The summed E-state index contributed by atoms with van der Waals surface area (Å²) in [5, 5.41) is 2.53. The first-order valence-electron chi connectivity index (χ1n) is 21.2. The van der Waals surface area contributed by atoms with Crippen LogP contribution in [0.15, 0.2) is 97.6 Å². The first kappa shape index (κ1) is 30.2. The third-order valence-corrected chi connectivity index (χ3v) is 16.2. The monoisotopic (exact) mass is 712 g/mol. The molecule has 0 heterocycles. The lowest BCUT2D eigenvalue weighted by Crippen LogP contribution is -2.13. The molecule has 0 fully saturated rings. The molecule has 0 radical (unpaired) electrons. The topological polar surface area (TPSA) is 18.5 Å². The minimum atomic E-state index is 0.350. The average molecular weight is 713 g/mol. The highest BCUT2D eigenvalue weighted by molar-refractivity contribution is 6.00. The molecule has 0 saturated heterocycles. The molecule has 0 unspecified atom stereocenters. The lowest BCUT2D eigenvalue weighted by Gasteiger charge is -2.30. The van der Waals surface area contributed by atoms with E-state index in [1.165, 1.54) is 52.3 Å². The number of allylic oxidation sites excluding steroid dienone is 1. The van der Waals surface area contributed by atoms with E-state index in [1.807, 2.05) is 13.2 Å². The van der Waals surface area contributed by atoms with Gasteiger partial charge in [0.2, 0.25) is 0 Å². The highest BCUT2D eigenvalue weighted by Crippen LogP contribution is 2.68. The van der Waals surface area contributed by atoms with Crippen molar-refractivity contribution >= 4 is 10.8 Å². The van der Waals surface area contributed by atoms with Gasteiger partial charge in [-0.2, -0.15) is 0 Å². The number of rotatable bonds is 7. The number of benzene rings is 6. The van der Waals surface area contributed by atoms with E-state index in [4.69, 9.17) is 9.47 Å². The molecule has 8 aliphatic carbocycles. The lowest BCUT2D eigenvalue weighted by atomic mass is 9.76. The maximum Gasteiger partial charge on any atom is 0.131 e. The SMILES string of the molecule is C=CCCCCOc1c2c(c(OC)c3cc4c(cc13)[C@@H]1C[C@H]4c3cc4c(cc31)[C@@H]1C[C@H]4c3ccccc31)[C@@H]1C[C@H]2c2cc3c(cc21)[C@@H]1C[C@H]3c2ccccc21. The summed E-state index contributed by atoms with van der Waals surface area (Å²) in [6, 6.07) is 34.2. The summed E-state index contributed by atoms with van der Waals surface area (Å²) in [4.78, 5) is 0. The van der Waals surface area contributed by atoms with Crippen LogP contribution in [0.3, 0.4) is 0 Å². The Bertz CT molecular complexity index is 2770. The molecule has 0 saturated carbocycles. The van der Waals surface area contributed by atoms with Crippen molar-refractivity contribution in [3.05, 3.63) is 187 Å². The summed E-state index contributed by atoms with van der Waals surface area (Å²) in [5.41, 5.74) is 24.8. The van der Waals surface area contributed by atoms with E-state index in [2.05, 4.69) is 91.5 Å². The van der Waals surface area contributed by atoms with Crippen molar-refractivity contribution in [1.82, 2.24) is 0 Å². The second-order valence-electron chi connectivity index (χ2n) is 18.2. The van der Waals surface area contributed by atoms with Crippen LogP contribution in [-0.4, -0.2) is 13.7 Å². The van der Waals surface area contributed by atoms with Crippen LogP contribution in [0.25, 0.3) is 10.8 Å². The summed E-state index contributed by atoms with van der Waals surface area (Å²) in [6.45, 7) is 4.71. The van der Waals surface area contributed by atoms with Gasteiger partial charge in [-0.25, -0.2) is 0 Å². The van der Waals surface area contributed by atoms with Gasteiger partial charge in [0.05, 0.1) is 13.7 Å². The summed E-state index contributed by atoms with van der Waals surface area (Å²) < 4.78 is 13.7. The van der Waals surface area contributed by atoms with Crippen molar-refractivity contribution in [3.8, 4) is 11.5 Å². The molecule has 55 heavy (non-hydrogen) atoms. The number of unbranched alkanes of at least 4 members (excludes halogenated alkanes) is 2. The fourth-order valence-corrected chi connectivity index (χ4v) is 14.1. The first-order valence-corrected chi connectivity index (χ1v) is 21.2. The Morgan fingerprint density at radius 2 is 0.836 bits per heavy atom. The van der Waals surface area contributed by atoms with Crippen molar-refractivity contribution < 1.29 is 9.47 Å². The van der Waals surface area contributed by atoms with Crippen molar-refractivity contribution in [2.45, 2.75) is 92.3 Å². The molecule has 0 aromatic heterocycles. The van der Waals surface area contributed by atoms with Gasteiger partial charge in [-0.05, 0) is 135 Å². The van der Waals surface area contributed by atoms with Crippen LogP contribution in [0.5, 0.6) is 11.5 Å². The van der Waals surface area contributed by atoms with E-state index in [0.717, 1.165) is 43.8 Å². The van der Waals surface area contributed by atoms with Crippen LogP contribution in [-0.2, 0) is 0 Å². The number of fused-ring (bicyclic) bond motifs is 33. The Kier molecular flexibility index (Phi) is 5.71. The Morgan fingerprint density at radius 3 is 1.27 bits per heavy atom. The zero-order valence-corrected chi connectivity index (χ0v) is 31.5. The van der Waals surface area contributed by atoms with Crippen LogP contribution in [0, 0.1) is 0 Å². The summed E-state index contributed by atoms with van der Waals surface area (Å²) >= 11 is 0. The van der Waals surface area contributed by atoms with E-state index in [1.54, 1.807) is 66.8 Å². The summed E-state index contributed by atoms with van der Waals surface area (Å²) in [6.07, 6.45) is 10.0. The number of methoxy groups -OCH3 is 1. The highest BCUT2D eigenvalue weighted by Gasteiger charge is 2.51. The fraction of sp³-hybridized carbons (Fsp3) is 0.321. The minimum Gasteiger partial charge on any atom is -0.496 e. The molecule has 0 aliphatic heterocycles. The van der Waals surface area contributed by atoms with Gasteiger partial charge in [-0.15, -0.1) is 6.58 Å². The lowest BCUT2D eigenvalue weighted by molar-refractivity contribution is 0.307. The molecule has 2 nitrogen and oxygen atoms in total. The van der Waals surface area contributed by atoms with Crippen LogP contribution in [0.2, 0.25) is 0 Å². The molecular weight excluding hydrogens is 669 g/mol. The zero-order valence-electron chi connectivity index (χ0n) is 31.5. The van der Waals surface area contributed by atoms with Crippen molar-refractivity contribution in [2.75, 3.05) is 13.7 Å². The van der Waals surface area contributed by atoms with E-state index in [0.29, 0.717) is 47.3 Å². The van der Waals surface area contributed by atoms with Crippen LogP contribution < -0.4 is 9.47 Å². The Labute approximate surface area is 323 Å². The minimum absolute atomic E-state index is 0.350. The first-order chi connectivity index (χ1) is 27.2. The second-order valence-corrected chi connectivity index (χ2v) is 18.2. The maximum atomic E-state index is 7.11. The third kappa shape index (κ3) is 3.56.